The molecule has 0 atom stereocenters. The van der Waals surface area contributed by atoms with Gasteiger partial charge in [-0.3, -0.25) is 4.68 Å². The van der Waals surface area contributed by atoms with Crippen molar-refractivity contribution in [2.75, 3.05) is 0 Å². The van der Waals surface area contributed by atoms with Gasteiger partial charge in [0, 0.05) is 36.1 Å². The Morgan fingerprint density at radius 3 is 2.28 bits per heavy atom. The van der Waals surface area contributed by atoms with Crippen LogP contribution in [-0.4, -0.2) is 19.6 Å². The standard InChI is InChI=1S/C23H25N5.ClH/c1-18-23(19(2)27(26-18)16-20-9-5-3-6-10-20)15-24-13-21-14-25-28(17-21)22-11-7-4-8-12-22;/h3-12,14,17,24H,13,15-16H2,1-2H3;1H. The lowest BCUT2D eigenvalue weighted by atomic mass is 10.2. The number of rotatable bonds is 7. The van der Waals surface area contributed by atoms with Gasteiger partial charge in [-0.2, -0.15) is 10.2 Å². The van der Waals surface area contributed by atoms with Crippen molar-refractivity contribution in [3.05, 3.63) is 101 Å². The van der Waals surface area contributed by atoms with Crippen LogP contribution in [0.3, 0.4) is 0 Å². The van der Waals surface area contributed by atoms with Gasteiger partial charge in [-0.05, 0) is 31.5 Å². The van der Waals surface area contributed by atoms with E-state index in [0.29, 0.717) is 0 Å². The Morgan fingerprint density at radius 2 is 1.55 bits per heavy atom. The lowest BCUT2D eigenvalue weighted by Crippen LogP contribution is -2.13. The zero-order valence-corrected chi connectivity index (χ0v) is 17.6. The highest BCUT2D eigenvalue weighted by molar-refractivity contribution is 5.85. The van der Waals surface area contributed by atoms with Gasteiger partial charge in [-0.25, -0.2) is 4.68 Å². The molecule has 4 aromatic rings. The van der Waals surface area contributed by atoms with Crippen LogP contribution in [0.5, 0.6) is 0 Å². The summed E-state index contributed by atoms with van der Waals surface area (Å²) in [7, 11) is 0. The molecule has 150 valence electrons. The van der Waals surface area contributed by atoms with E-state index >= 15 is 0 Å². The molecule has 0 aliphatic rings. The molecule has 6 heteroatoms. The van der Waals surface area contributed by atoms with Gasteiger partial charge in [0.2, 0.25) is 0 Å². The molecular weight excluding hydrogens is 382 g/mol. The van der Waals surface area contributed by atoms with Crippen molar-refractivity contribution in [1.29, 1.82) is 0 Å². The van der Waals surface area contributed by atoms with Gasteiger partial charge in [-0.15, -0.1) is 12.4 Å². The molecule has 2 aromatic carbocycles. The quantitative estimate of drug-likeness (QED) is 0.492. The first kappa shape index (κ1) is 20.8. The van der Waals surface area contributed by atoms with Gasteiger partial charge in [0.1, 0.15) is 0 Å². The average Bonchev–Trinajstić information content (AvgIpc) is 3.30. The average molecular weight is 408 g/mol. The Hall–Kier alpha value is -2.89. The van der Waals surface area contributed by atoms with Gasteiger partial charge in [-0.1, -0.05) is 48.5 Å². The number of para-hydroxylation sites is 1. The molecule has 0 saturated heterocycles. The molecule has 0 spiro atoms. The first-order chi connectivity index (χ1) is 13.7. The number of benzene rings is 2. The molecule has 0 aliphatic heterocycles. The summed E-state index contributed by atoms with van der Waals surface area (Å²) in [6.07, 6.45) is 3.99. The molecule has 5 nitrogen and oxygen atoms in total. The number of hydrogen-bond donors (Lipinski definition) is 1. The molecule has 2 aromatic heterocycles. The highest BCUT2D eigenvalue weighted by Gasteiger charge is 2.11. The zero-order chi connectivity index (χ0) is 19.3. The van der Waals surface area contributed by atoms with E-state index in [9.17, 15) is 0 Å². The van der Waals surface area contributed by atoms with Crippen LogP contribution in [0.2, 0.25) is 0 Å². The molecule has 0 unspecified atom stereocenters. The Balaban J connectivity index is 0.00000240. The maximum atomic E-state index is 4.74. The fourth-order valence-corrected chi connectivity index (χ4v) is 3.41. The van der Waals surface area contributed by atoms with Crippen molar-refractivity contribution in [2.45, 2.75) is 33.5 Å². The first-order valence-electron chi connectivity index (χ1n) is 9.57. The van der Waals surface area contributed by atoms with Gasteiger partial charge >= 0.3 is 0 Å². The summed E-state index contributed by atoms with van der Waals surface area (Å²) in [5.41, 5.74) is 7.07. The number of hydrogen-bond acceptors (Lipinski definition) is 3. The Morgan fingerprint density at radius 1 is 0.862 bits per heavy atom. The molecule has 29 heavy (non-hydrogen) atoms. The molecule has 0 amide bonds. The molecule has 4 rings (SSSR count). The van der Waals surface area contributed by atoms with Crippen molar-refractivity contribution in [3.8, 4) is 5.69 Å². The second kappa shape index (κ2) is 9.54. The van der Waals surface area contributed by atoms with E-state index in [1.165, 1.54) is 16.8 Å². The second-order valence-electron chi connectivity index (χ2n) is 7.02. The third-order valence-electron chi connectivity index (χ3n) is 4.99. The van der Waals surface area contributed by atoms with Crippen molar-refractivity contribution in [3.63, 3.8) is 0 Å². The number of nitrogens with one attached hydrogen (secondary N) is 1. The topological polar surface area (TPSA) is 47.7 Å². The molecule has 0 bridgehead atoms. The Labute approximate surface area is 177 Å². The number of aryl methyl sites for hydroxylation is 1. The third-order valence-corrected chi connectivity index (χ3v) is 4.99. The molecule has 0 saturated carbocycles. The van der Waals surface area contributed by atoms with Crippen LogP contribution in [0.1, 0.15) is 28.1 Å². The van der Waals surface area contributed by atoms with Crippen LogP contribution in [0.4, 0.5) is 0 Å². The van der Waals surface area contributed by atoms with Gasteiger partial charge in [0.05, 0.1) is 24.1 Å². The lowest BCUT2D eigenvalue weighted by molar-refractivity contribution is 0.653. The summed E-state index contributed by atoms with van der Waals surface area (Å²) in [6, 6.07) is 20.6. The van der Waals surface area contributed by atoms with Crippen LogP contribution in [-0.2, 0) is 19.6 Å². The largest absolute Gasteiger partial charge is 0.308 e. The second-order valence-corrected chi connectivity index (χ2v) is 7.02. The van der Waals surface area contributed by atoms with Gasteiger partial charge in [0.25, 0.3) is 0 Å². The van der Waals surface area contributed by atoms with E-state index in [2.05, 4.69) is 71.5 Å². The number of halogens is 1. The van der Waals surface area contributed by atoms with Gasteiger partial charge in [0.15, 0.2) is 0 Å². The fraction of sp³-hybridized carbons (Fsp3) is 0.217. The summed E-state index contributed by atoms with van der Waals surface area (Å²) < 4.78 is 4.00. The fourth-order valence-electron chi connectivity index (χ4n) is 3.41. The maximum Gasteiger partial charge on any atom is 0.0662 e. The van der Waals surface area contributed by atoms with Gasteiger partial charge < -0.3 is 5.32 Å². The minimum Gasteiger partial charge on any atom is -0.308 e. The minimum atomic E-state index is 0. The van der Waals surface area contributed by atoms with Crippen molar-refractivity contribution < 1.29 is 0 Å². The zero-order valence-electron chi connectivity index (χ0n) is 16.7. The summed E-state index contributed by atoms with van der Waals surface area (Å²) in [6.45, 7) is 6.60. The van der Waals surface area contributed by atoms with Crippen LogP contribution in [0, 0.1) is 13.8 Å². The van der Waals surface area contributed by atoms with E-state index in [-0.39, 0.29) is 12.4 Å². The van der Waals surface area contributed by atoms with Crippen LogP contribution >= 0.6 is 12.4 Å². The maximum absolute atomic E-state index is 4.74. The van der Waals surface area contributed by atoms with Crippen molar-refractivity contribution in [1.82, 2.24) is 24.9 Å². The first-order valence-corrected chi connectivity index (χ1v) is 9.57. The normalized spacial score (nSPS) is 10.7. The van der Waals surface area contributed by atoms with E-state index in [1.54, 1.807) is 0 Å². The smallest absolute Gasteiger partial charge is 0.0662 e. The Kier molecular flexibility index (Phi) is 6.86. The predicted molar refractivity (Wildman–Crippen MR) is 119 cm³/mol. The van der Waals surface area contributed by atoms with Crippen molar-refractivity contribution >= 4 is 12.4 Å². The molecule has 0 aliphatic carbocycles. The van der Waals surface area contributed by atoms with E-state index in [0.717, 1.165) is 36.6 Å². The van der Waals surface area contributed by atoms with Crippen LogP contribution < -0.4 is 5.32 Å². The van der Waals surface area contributed by atoms with E-state index < -0.39 is 0 Å². The summed E-state index contributed by atoms with van der Waals surface area (Å²) in [4.78, 5) is 0. The van der Waals surface area contributed by atoms with Crippen LogP contribution in [0.25, 0.3) is 5.69 Å². The van der Waals surface area contributed by atoms with E-state index in [4.69, 9.17) is 5.10 Å². The SMILES string of the molecule is Cc1nn(Cc2ccccc2)c(C)c1CNCc1cnn(-c2ccccc2)c1.Cl. The molecular formula is C23H26ClN5. The molecule has 0 radical (unpaired) electrons. The Bertz CT molecular complexity index is 1040. The third kappa shape index (κ3) is 4.94. The molecule has 0 fully saturated rings. The van der Waals surface area contributed by atoms with Crippen LogP contribution in [0.15, 0.2) is 73.1 Å². The summed E-state index contributed by atoms with van der Waals surface area (Å²) >= 11 is 0. The van der Waals surface area contributed by atoms with E-state index in [1.807, 2.05) is 35.1 Å². The molecule has 2 heterocycles. The molecule has 1 N–H and O–H groups in total. The highest BCUT2D eigenvalue weighted by Crippen LogP contribution is 2.15. The van der Waals surface area contributed by atoms with Crippen molar-refractivity contribution in [2.24, 2.45) is 0 Å². The minimum absolute atomic E-state index is 0. The number of nitrogens with zero attached hydrogens (tertiary/aromatic N) is 4. The monoisotopic (exact) mass is 407 g/mol. The predicted octanol–water partition coefficient (Wildman–Crippen LogP) is 4.45. The number of aromatic nitrogens is 4. The summed E-state index contributed by atoms with van der Waals surface area (Å²) in [5, 5.41) is 12.7. The summed E-state index contributed by atoms with van der Waals surface area (Å²) in [5.74, 6) is 0. The lowest BCUT2D eigenvalue weighted by Gasteiger charge is -2.07. The highest BCUT2D eigenvalue weighted by atomic mass is 35.5.